The van der Waals surface area contributed by atoms with Crippen LogP contribution in [0.4, 0.5) is 0 Å². The van der Waals surface area contributed by atoms with Gasteiger partial charge in [-0.3, -0.25) is 0 Å². The van der Waals surface area contributed by atoms with E-state index in [9.17, 15) is 20.4 Å². The summed E-state index contributed by atoms with van der Waals surface area (Å²) in [6, 6.07) is 8.75. The van der Waals surface area contributed by atoms with Crippen molar-refractivity contribution in [1.82, 2.24) is 0 Å². The summed E-state index contributed by atoms with van der Waals surface area (Å²) in [4.78, 5) is 0. The maximum absolute atomic E-state index is 10.9. The van der Waals surface area contributed by atoms with Gasteiger partial charge in [-0.05, 0) is 0 Å². The molecule has 4 saturated heterocycles. The number of hydrogen-bond donors (Lipinski definition) is 4. The molecule has 4 aliphatic heterocycles. The topological polar surface area (TPSA) is 155 Å². The zero-order valence-corrected chi connectivity index (χ0v) is 20.0. The minimum absolute atomic E-state index is 0.463. The monoisotopic (exact) mass is 536 g/mol. The summed E-state index contributed by atoms with van der Waals surface area (Å²) in [5.41, 5.74) is 0. The molecule has 1 spiro atoms. The fourth-order valence-corrected chi connectivity index (χ4v) is 13.3. The molecule has 1 aromatic rings. The third-order valence-corrected chi connectivity index (χ3v) is 13.9. The number of benzene rings is 1. The van der Waals surface area contributed by atoms with Gasteiger partial charge in [0.2, 0.25) is 0 Å². The number of rotatable bonds is 5. The summed E-state index contributed by atoms with van der Waals surface area (Å²) in [6.07, 6.45) is -10.4. The van der Waals surface area contributed by atoms with Crippen molar-refractivity contribution in [2.45, 2.75) is 61.4 Å². The molecule has 13 heteroatoms. The number of aliphatic hydroxyl groups excluding tert-OH is 4. The molecule has 0 radical (unpaired) electrons. The average Bonchev–Trinajstić information content (AvgIpc) is 3.39. The fraction of sp³-hybridized carbons (Fsp3) is 0.700. The van der Waals surface area contributed by atoms with Crippen molar-refractivity contribution in [1.29, 1.82) is 0 Å². The molecule has 12 nitrogen and oxygen atoms in total. The van der Waals surface area contributed by atoms with Gasteiger partial charge < -0.3 is 0 Å². The molecule has 4 N–H and O–H groups in total. The molecule has 10 atom stereocenters. The van der Waals surface area contributed by atoms with Crippen LogP contribution in [-0.2, 0) is 33.9 Å². The maximum atomic E-state index is 10.9. The molecule has 4 fully saturated rings. The Balaban J connectivity index is 1.61. The van der Waals surface area contributed by atoms with Crippen molar-refractivity contribution in [3.8, 4) is 0 Å². The van der Waals surface area contributed by atoms with Crippen LogP contribution < -0.4 is 4.35 Å². The van der Waals surface area contributed by atoms with Crippen molar-refractivity contribution in [2.75, 3.05) is 27.4 Å². The van der Waals surface area contributed by atoms with Gasteiger partial charge in [0, 0.05) is 0 Å². The van der Waals surface area contributed by atoms with E-state index < -0.39 is 88.4 Å². The van der Waals surface area contributed by atoms with Gasteiger partial charge in [-0.15, -0.1) is 0 Å². The summed E-state index contributed by atoms with van der Waals surface area (Å²) in [5, 5.41) is 41.1. The quantitative estimate of drug-likeness (QED) is 0.290. The van der Waals surface area contributed by atoms with Crippen molar-refractivity contribution < 1.29 is 54.3 Å². The van der Waals surface area contributed by atoms with E-state index in [0.717, 1.165) is 0 Å². The van der Waals surface area contributed by atoms with Crippen LogP contribution >= 0.6 is 0 Å². The van der Waals surface area contributed by atoms with E-state index in [0.29, 0.717) is 4.35 Å². The van der Waals surface area contributed by atoms with Gasteiger partial charge in [0.1, 0.15) is 0 Å². The molecule has 4 aliphatic rings. The summed E-state index contributed by atoms with van der Waals surface area (Å²) in [7, 11) is 2.81. The second-order valence-corrected chi connectivity index (χ2v) is 14.6. The van der Waals surface area contributed by atoms with E-state index >= 15 is 0 Å². The summed E-state index contributed by atoms with van der Waals surface area (Å²) in [5.74, 6) is 0. The fourth-order valence-electron chi connectivity index (χ4n) is 4.83. The molecular weight excluding hydrogens is 507 g/mol. The first kappa shape index (κ1) is 24.0. The van der Waals surface area contributed by atoms with E-state index in [1.165, 1.54) is 14.2 Å². The first-order chi connectivity index (χ1) is 15.9. The molecule has 5 rings (SSSR count). The molecule has 186 valence electrons. The summed E-state index contributed by atoms with van der Waals surface area (Å²) >= 11 is -5.49. The number of ether oxygens (including phenoxy) is 4. The molecule has 0 unspecified atom stereocenters. The van der Waals surface area contributed by atoms with E-state index in [4.69, 9.17) is 33.9 Å². The zero-order valence-electron chi connectivity index (χ0n) is 18.1. The van der Waals surface area contributed by atoms with Crippen LogP contribution in [0.5, 0.6) is 0 Å². The Kier molecular flexibility index (Phi) is 6.37. The minimum atomic E-state index is -5.49. The summed E-state index contributed by atoms with van der Waals surface area (Å²) < 4.78 is 48.6. The van der Waals surface area contributed by atoms with Gasteiger partial charge in [-0.1, -0.05) is 0 Å². The molecule has 0 bridgehead atoms. The average molecular weight is 536 g/mol. The third kappa shape index (κ3) is 3.53. The van der Waals surface area contributed by atoms with Gasteiger partial charge in [0.15, 0.2) is 0 Å². The van der Waals surface area contributed by atoms with Crippen LogP contribution in [0.2, 0.25) is 0 Å². The molecule has 0 aromatic heterocycles. The molecular formula is C20H29AsO12. The third-order valence-electron chi connectivity index (χ3n) is 6.45. The molecule has 1 aromatic carbocycles. The van der Waals surface area contributed by atoms with E-state index in [1.807, 2.05) is 0 Å². The number of aliphatic hydroxyl groups is 4. The Labute approximate surface area is 191 Å². The predicted molar refractivity (Wildman–Crippen MR) is 109 cm³/mol. The van der Waals surface area contributed by atoms with Crippen LogP contribution in [0, 0.1) is 0 Å². The first-order valence-electron chi connectivity index (χ1n) is 10.7. The Hall–Kier alpha value is -0.702. The Morgan fingerprint density at radius 2 is 1.15 bits per heavy atom. The number of fused-ring (bicyclic) bond motifs is 2. The van der Waals surface area contributed by atoms with E-state index in [-0.39, 0.29) is 0 Å². The van der Waals surface area contributed by atoms with Gasteiger partial charge in [0.05, 0.1) is 0 Å². The first-order valence-corrected chi connectivity index (χ1v) is 14.7. The van der Waals surface area contributed by atoms with Crippen molar-refractivity contribution in [3.05, 3.63) is 30.3 Å². The van der Waals surface area contributed by atoms with Crippen LogP contribution in [-0.4, -0.2) is 123 Å². The standard InChI is InChI=1S/C20H29AsO12/c1-26-19-17-15(13(24)11(8-22)28-19)30-21(32-17,10-6-4-3-5-7-10)31-16-14(25)12(9-23)29-20(27-2)18(16)33-21/h3-7,11-20,22-25H,8-9H2,1-2H3/t11-,12-,13-,14-,15+,16+,17+,18+,19+,20+/m1/s1. The summed E-state index contributed by atoms with van der Waals surface area (Å²) in [6.45, 7) is -0.937. The Bertz CT molecular complexity index is 796. The van der Waals surface area contributed by atoms with Crippen molar-refractivity contribution in [2.24, 2.45) is 0 Å². The SMILES string of the molecule is CO[C@H]1O[C@H](CO)[C@@H](O)[C@@H]2O[As]3(c4ccccc4)(O[C@H]12)O[C@@H]1[C@@H](OC)O[C@H](CO)[C@@H](O)[C@@H]1O3. The van der Waals surface area contributed by atoms with Crippen molar-refractivity contribution >= 4 is 18.2 Å². The Morgan fingerprint density at radius 1 is 0.727 bits per heavy atom. The van der Waals surface area contributed by atoms with Gasteiger partial charge in [-0.2, -0.15) is 0 Å². The molecule has 33 heavy (non-hydrogen) atoms. The van der Waals surface area contributed by atoms with Crippen LogP contribution in [0.25, 0.3) is 0 Å². The second kappa shape index (κ2) is 8.75. The van der Waals surface area contributed by atoms with Crippen LogP contribution in [0.15, 0.2) is 30.3 Å². The zero-order chi connectivity index (χ0) is 23.4. The number of methoxy groups -OCH3 is 2. The molecule has 4 heterocycles. The van der Waals surface area contributed by atoms with Crippen LogP contribution in [0.1, 0.15) is 0 Å². The van der Waals surface area contributed by atoms with Crippen molar-refractivity contribution in [3.63, 3.8) is 0 Å². The number of hydrogen-bond acceptors (Lipinski definition) is 12. The predicted octanol–water partition coefficient (Wildman–Crippen LogP) is -2.70. The molecule has 0 aliphatic carbocycles. The van der Waals surface area contributed by atoms with E-state index in [2.05, 4.69) is 0 Å². The molecule has 0 saturated carbocycles. The van der Waals surface area contributed by atoms with Gasteiger partial charge in [-0.25, -0.2) is 0 Å². The molecule has 0 amide bonds. The normalized spacial score (nSPS) is 46.9. The van der Waals surface area contributed by atoms with Gasteiger partial charge >= 0.3 is 192 Å². The van der Waals surface area contributed by atoms with E-state index in [1.54, 1.807) is 30.3 Å². The Morgan fingerprint density at radius 3 is 1.55 bits per heavy atom. The van der Waals surface area contributed by atoms with Gasteiger partial charge in [0.25, 0.3) is 0 Å². The van der Waals surface area contributed by atoms with Crippen LogP contribution in [0.3, 0.4) is 0 Å². The second-order valence-electron chi connectivity index (χ2n) is 8.33.